The first-order valence-electron chi connectivity index (χ1n) is 10.2. The Morgan fingerprint density at radius 3 is 2.44 bits per heavy atom. The molecule has 0 bridgehead atoms. The first kappa shape index (κ1) is 19.7. The van der Waals surface area contributed by atoms with Crippen LogP contribution in [0.4, 0.5) is 0 Å². The molecule has 0 atom stereocenters. The number of aromatic nitrogens is 3. The Labute approximate surface area is 184 Å². The summed E-state index contributed by atoms with van der Waals surface area (Å²) in [6, 6.07) is 20.4. The largest absolute Gasteiger partial charge is 0.487 e. The number of carbonyl (C=O) groups is 1. The standard InChI is InChI=1S/C24H20N4O4/c29-22(16-30-19-4-2-1-3-5-19)28-14-21(15-28)31-20-8-6-17(7-9-20)23-26-24(32-27-23)18-10-12-25-13-11-18/h1-13,21H,14-16H2. The molecule has 8 heteroatoms. The molecule has 4 aromatic rings. The molecular weight excluding hydrogens is 408 g/mol. The van der Waals surface area contributed by atoms with E-state index in [1.807, 2.05) is 66.7 Å². The lowest BCUT2D eigenvalue weighted by Gasteiger charge is -2.38. The molecule has 8 nitrogen and oxygen atoms in total. The summed E-state index contributed by atoms with van der Waals surface area (Å²) in [6.07, 6.45) is 3.32. The van der Waals surface area contributed by atoms with Crippen molar-refractivity contribution in [2.24, 2.45) is 0 Å². The van der Waals surface area contributed by atoms with Crippen LogP contribution in [0.5, 0.6) is 11.5 Å². The fraction of sp³-hybridized carbons (Fsp3) is 0.167. The number of hydrogen-bond donors (Lipinski definition) is 0. The van der Waals surface area contributed by atoms with E-state index in [1.54, 1.807) is 17.3 Å². The zero-order valence-electron chi connectivity index (χ0n) is 17.1. The highest BCUT2D eigenvalue weighted by Crippen LogP contribution is 2.25. The van der Waals surface area contributed by atoms with Gasteiger partial charge in [-0.2, -0.15) is 4.98 Å². The Morgan fingerprint density at radius 1 is 0.938 bits per heavy atom. The molecule has 1 fully saturated rings. The van der Waals surface area contributed by atoms with Crippen molar-refractivity contribution >= 4 is 5.91 Å². The van der Waals surface area contributed by atoms with E-state index in [4.69, 9.17) is 14.0 Å². The van der Waals surface area contributed by atoms with Gasteiger partial charge < -0.3 is 18.9 Å². The van der Waals surface area contributed by atoms with E-state index in [0.717, 1.165) is 16.9 Å². The number of hydrogen-bond acceptors (Lipinski definition) is 7. The van der Waals surface area contributed by atoms with E-state index in [0.29, 0.717) is 30.6 Å². The Balaban J connectivity index is 1.11. The summed E-state index contributed by atoms with van der Waals surface area (Å²) in [4.78, 5) is 22.4. The second-order valence-electron chi connectivity index (χ2n) is 7.32. The number of carbonyl (C=O) groups excluding carboxylic acids is 1. The van der Waals surface area contributed by atoms with Gasteiger partial charge in [0.1, 0.15) is 17.6 Å². The molecule has 1 amide bonds. The number of para-hydroxylation sites is 1. The lowest BCUT2D eigenvalue weighted by Crippen LogP contribution is -2.57. The predicted molar refractivity (Wildman–Crippen MR) is 116 cm³/mol. The van der Waals surface area contributed by atoms with Crippen LogP contribution in [0.2, 0.25) is 0 Å². The van der Waals surface area contributed by atoms with Gasteiger partial charge in [0, 0.05) is 23.5 Å². The highest BCUT2D eigenvalue weighted by Gasteiger charge is 2.32. The smallest absolute Gasteiger partial charge is 0.260 e. The van der Waals surface area contributed by atoms with Crippen molar-refractivity contribution in [3.8, 4) is 34.3 Å². The third kappa shape index (κ3) is 4.44. The number of ether oxygens (including phenoxy) is 2. The molecule has 1 saturated heterocycles. The zero-order valence-corrected chi connectivity index (χ0v) is 17.1. The van der Waals surface area contributed by atoms with Crippen molar-refractivity contribution in [3.05, 3.63) is 79.1 Å². The summed E-state index contributed by atoms with van der Waals surface area (Å²) >= 11 is 0. The van der Waals surface area contributed by atoms with Crippen LogP contribution in [0.1, 0.15) is 0 Å². The predicted octanol–water partition coefficient (Wildman–Crippen LogP) is 3.47. The molecule has 2 aromatic carbocycles. The van der Waals surface area contributed by atoms with Gasteiger partial charge in [-0.3, -0.25) is 9.78 Å². The number of nitrogens with zero attached hydrogens (tertiary/aromatic N) is 4. The van der Waals surface area contributed by atoms with Crippen molar-refractivity contribution in [1.82, 2.24) is 20.0 Å². The average molecular weight is 428 g/mol. The lowest BCUT2D eigenvalue weighted by atomic mass is 10.1. The fourth-order valence-electron chi connectivity index (χ4n) is 3.30. The van der Waals surface area contributed by atoms with E-state index in [1.165, 1.54) is 0 Å². The second kappa shape index (κ2) is 8.89. The molecule has 0 unspecified atom stereocenters. The maximum absolute atomic E-state index is 12.2. The summed E-state index contributed by atoms with van der Waals surface area (Å²) in [5, 5.41) is 4.05. The average Bonchev–Trinajstić information content (AvgIpc) is 3.32. The molecule has 5 rings (SSSR count). The minimum Gasteiger partial charge on any atom is -0.487 e. The molecule has 2 aromatic heterocycles. The Kier molecular flexibility index (Phi) is 5.48. The van der Waals surface area contributed by atoms with E-state index in [2.05, 4.69) is 15.1 Å². The SMILES string of the molecule is O=C(COc1ccccc1)N1CC(Oc2ccc(-c3noc(-c4ccncc4)n3)cc2)C1. The molecule has 160 valence electrons. The van der Waals surface area contributed by atoms with Gasteiger partial charge >= 0.3 is 0 Å². The van der Waals surface area contributed by atoms with Gasteiger partial charge in [-0.05, 0) is 48.5 Å². The van der Waals surface area contributed by atoms with Crippen molar-refractivity contribution in [2.45, 2.75) is 6.10 Å². The van der Waals surface area contributed by atoms with Gasteiger partial charge in [0.15, 0.2) is 6.61 Å². The van der Waals surface area contributed by atoms with Crippen LogP contribution in [0.15, 0.2) is 83.6 Å². The molecule has 0 aliphatic carbocycles. The summed E-state index contributed by atoms with van der Waals surface area (Å²) in [5.74, 6) is 2.31. The maximum atomic E-state index is 12.2. The van der Waals surface area contributed by atoms with E-state index in [-0.39, 0.29) is 18.6 Å². The number of benzene rings is 2. The van der Waals surface area contributed by atoms with Crippen LogP contribution in [-0.4, -0.2) is 51.7 Å². The van der Waals surface area contributed by atoms with Crippen LogP contribution >= 0.6 is 0 Å². The van der Waals surface area contributed by atoms with Gasteiger partial charge in [-0.25, -0.2) is 0 Å². The Morgan fingerprint density at radius 2 is 1.69 bits per heavy atom. The Hall–Kier alpha value is -4.20. The third-order valence-corrected chi connectivity index (χ3v) is 5.07. The maximum Gasteiger partial charge on any atom is 0.260 e. The lowest BCUT2D eigenvalue weighted by molar-refractivity contribution is -0.142. The summed E-state index contributed by atoms with van der Waals surface area (Å²) < 4.78 is 16.8. The third-order valence-electron chi connectivity index (χ3n) is 5.07. The first-order chi connectivity index (χ1) is 15.7. The van der Waals surface area contributed by atoms with Crippen LogP contribution < -0.4 is 9.47 Å². The van der Waals surface area contributed by atoms with Crippen LogP contribution in [-0.2, 0) is 4.79 Å². The van der Waals surface area contributed by atoms with E-state index < -0.39 is 0 Å². The molecular formula is C24H20N4O4. The highest BCUT2D eigenvalue weighted by atomic mass is 16.5. The van der Waals surface area contributed by atoms with Crippen LogP contribution in [0.3, 0.4) is 0 Å². The summed E-state index contributed by atoms with van der Waals surface area (Å²) in [7, 11) is 0. The number of pyridine rings is 1. The fourth-order valence-corrected chi connectivity index (χ4v) is 3.30. The molecule has 0 spiro atoms. The molecule has 1 aliphatic heterocycles. The van der Waals surface area contributed by atoms with Crippen LogP contribution in [0.25, 0.3) is 22.8 Å². The molecule has 0 N–H and O–H groups in total. The molecule has 0 saturated carbocycles. The molecule has 32 heavy (non-hydrogen) atoms. The van der Waals surface area contributed by atoms with Gasteiger partial charge in [0.05, 0.1) is 13.1 Å². The van der Waals surface area contributed by atoms with Crippen molar-refractivity contribution in [1.29, 1.82) is 0 Å². The molecule has 1 aliphatic rings. The van der Waals surface area contributed by atoms with Crippen LogP contribution in [0, 0.1) is 0 Å². The summed E-state index contributed by atoms with van der Waals surface area (Å²) in [5.41, 5.74) is 1.64. The van der Waals surface area contributed by atoms with Gasteiger partial charge in [0.2, 0.25) is 5.82 Å². The van der Waals surface area contributed by atoms with E-state index in [9.17, 15) is 4.79 Å². The van der Waals surface area contributed by atoms with Crippen molar-refractivity contribution in [3.63, 3.8) is 0 Å². The second-order valence-corrected chi connectivity index (χ2v) is 7.32. The van der Waals surface area contributed by atoms with E-state index >= 15 is 0 Å². The summed E-state index contributed by atoms with van der Waals surface area (Å²) in [6.45, 7) is 1.11. The van der Waals surface area contributed by atoms with Gasteiger partial charge in [-0.1, -0.05) is 23.4 Å². The minimum atomic E-state index is -0.0499. The Bertz CT molecular complexity index is 1170. The first-order valence-corrected chi connectivity index (χ1v) is 10.2. The van der Waals surface area contributed by atoms with Crippen molar-refractivity contribution in [2.75, 3.05) is 19.7 Å². The topological polar surface area (TPSA) is 90.6 Å². The van der Waals surface area contributed by atoms with Gasteiger partial charge in [0.25, 0.3) is 11.8 Å². The van der Waals surface area contributed by atoms with Gasteiger partial charge in [-0.15, -0.1) is 0 Å². The van der Waals surface area contributed by atoms with Crippen molar-refractivity contribution < 1.29 is 18.8 Å². The molecule has 0 radical (unpaired) electrons. The monoisotopic (exact) mass is 428 g/mol. The molecule has 3 heterocycles. The number of rotatable bonds is 7. The zero-order chi connectivity index (χ0) is 21.8. The minimum absolute atomic E-state index is 0.0254. The quantitative estimate of drug-likeness (QED) is 0.445. The number of amides is 1. The highest BCUT2D eigenvalue weighted by molar-refractivity contribution is 5.78. The number of likely N-dealkylation sites (tertiary alicyclic amines) is 1. The normalized spacial score (nSPS) is 13.4.